The Morgan fingerprint density at radius 1 is 1.42 bits per heavy atom. The summed E-state index contributed by atoms with van der Waals surface area (Å²) in [5.41, 5.74) is 5.36. The van der Waals surface area contributed by atoms with Crippen LogP contribution >= 0.6 is 12.4 Å². The maximum Gasteiger partial charge on any atom is 0.341 e. The summed E-state index contributed by atoms with van der Waals surface area (Å²) in [4.78, 5) is 23.1. The van der Waals surface area contributed by atoms with E-state index < -0.39 is 16.0 Å². The Morgan fingerprint density at radius 3 is 2.81 bits per heavy atom. The number of hydrogen-bond donors (Lipinski definition) is 2. The zero-order valence-corrected chi connectivity index (χ0v) is 16.1. The average Bonchev–Trinajstić information content (AvgIpc) is 3.10. The van der Waals surface area contributed by atoms with E-state index in [0.29, 0.717) is 13.0 Å². The number of amides is 1. The molecular weight excluding hydrogens is 386 g/mol. The van der Waals surface area contributed by atoms with Gasteiger partial charge in [-0.2, -0.15) is 4.31 Å². The number of methoxy groups -OCH3 is 1. The lowest BCUT2D eigenvalue weighted by Gasteiger charge is -2.34. The Bertz CT molecular complexity index is 721. The topological polar surface area (TPSA) is 132 Å². The van der Waals surface area contributed by atoms with Gasteiger partial charge < -0.3 is 20.2 Å². The Morgan fingerprint density at radius 2 is 2.15 bits per heavy atom. The number of furan rings is 1. The van der Waals surface area contributed by atoms with Crippen molar-refractivity contribution < 1.29 is 27.2 Å². The summed E-state index contributed by atoms with van der Waals surface area (Å²) in [7, 11) is -2.71. The molecule has 148 valence electrons. The number of carbonyl (C=O) groups is 2. The SMILES string of the molecule is COC(=O)c1coc(S(=O)(=O)N2CCCCC2CNC(=O)CCN)c1.Cl. The van der Waals surface area contributed by atoms with Crippen molar-refractivity contribution in [2.24, 2.45) is 5.73 Å². The number of nitrogens with zero attached hydrogens (tertiary/aromatic N) is 1. The second-order valence-corrected chi connectivity index (χ2v) is 7.58. The van der Waals surface area contributed by atoms with Crippen LogP contribution in [0.4, 0.5) is 0 Å². The first kappa shape index (κ1) is 22.4. The maximum atomic E-state index is 12.8. The lowest BCUT2D eigenvalue weighted by molar-refractivity contribution is -0.121. The van der Waals surface area contributed by atoms with Gasteiger partial charge in [-0.05, 0) is 12.8 Å². The first-order chi connectivity index (χ1) is 11.9. The molecule has 0 aliphatic carbocycles. The second kappa shape index (κ2) is 9.91. The maximum absolute atomic E-state index is 12.8. The van der Waals surface area contributed by atoms with Crippen molar-refractivity contribution in [3.63, 3.8) is 0 Å². The van der Waals surface area contributed by atoms with Gasteiger partial charge in [0.1, 0.15) is 6.26 Å². The van der Waals surface area contributed by atoms with E-state index in [1.165, 1.54) is 11.4 Å². The van der Waals surface area contributed by atoms with Crippen molar-refractivity contribution in [1.29, 1.82) is 0 Å². The van der Waals surface area contributed by atoms with E-state index in [-0.39, 0.29) is 54.5 Å². The smallest absolute Gasteiger partial charge is 0.341 e. The minimum atomic E-state index is -3.91. The van der Waals surface area contributed by atoms with Crippen molar-refractivity contribution in [2.45, 2.75) is 36.8 Å². The molecule has 1 unspecified atom stereocenters. The van der Waals surface area contributed by atoms with Crippen LogP contribution in [0.1, 0.15) is 36.0 Å². The van der Waals surface area contributed by atoms with Crippen LogP contribution in [0.2, 0.25) is 0 Å². The second-order valence-electron chi connectivity index (χ2n) is 5.75. The fourth-order valence-corrected chi connectivity index (χ4v) is 4.36. The number of rotatable bonds is 7. The van der Waals surface area contributed by atoms with Gasteiger partial charge in [0.2, 0.25) is 11.0 Å². The first-order valence-electron chi connectivity index (χ1n) is 8.05. The summed E-state index contributed by atoms with van der Waals surface area (Å²) in [6.45, 7) is 0.776. The van der Waals surface area contributed by atoms with Crippen LogP contribution < -0.4 is 11.1 Å². The summed E-state index contributed by atoms with van der Waals surface area (Å²) in [5.74, 6) is -0.883. The van der Waals surface area contributed by atoms with Gasteiger partial charge >= 0.3 is 5.97 Å². The van der Waals surface area contributed by atoms with Gasteiger partial charge in [0, 0.05) is 38.2 Å². The van der Waals surface area contributed by atoms with Crippen LogP contribution in [0.3, 0.4) is 0 Å². The predicted molar refractivity (Wildman–Crippen MR) is 95.5 cm³/mol. The molecule has 0 bridgehead atoms. The number of halogens is 1. The Labute approximate surface area is 158 Å². The van der Waals surface area contributed by atoms with Crippen molar-refractivity contribution >= 4 is 34.3 Å². The molecule has 1 saturated heterocycles. The summed E-state index contributed by atoms with van der Waals surface area (Å²) in [5, 5.41) is 2.40. The van der Waals surface area contributed by atoms with E-state index in [4.69, 9.17) is 10.2 Å². The van der Waals surface area contributed by atoms with Crippen LogP contribution in [0.5, 0.6) is 0 Å². The van der Waals surface area contributed by atoms with E-state index in [2.05, 4.69) is 10.1 Å². The zero-order valence-electron chi connectivity index (χ0n) is 14.5. The number of hydrogen-bond acceptors (Lipinski definition) is 7. The molecule has 0 aromatic carbocycles. The van der Waals surface area contributed by atoms with Crippen LogP contribution in [-0.4, -0.2) is 57.4 Å². The fourth-order valence-electron chi connectivity index (χ4n) is 2.74. The Hall–Kier alpha value is -1.62. The number of piperidine rings is 1. The number of nitrogens with one attached hydrogen (secondary N) is 1. The van der Waals surface area contributed by atoms with Gasteiger partial charge in [0.25, 0.3) is 10.0 Å². The lowest BCUT2D eigenvalue weighted by Crippen LogP contribution is -2.49. The van der Waals surface area contributed by atoms with E-state index in [9.17, 15) is 18.0 Å². The van der Waals surface area contributed by atoms with Gasteiger partial charge in [0.05, 0.1) is 12.7 Å². The molecule has 0 spiro atoms. The van der Waals surface area contributed by atoms with Crippen LogP contribution in [0, 0.1) is 0 Å². The minimum absolute atomic E-state index is 0. The molecule has 1 amide bonds. The van der Waals surface area contributed by atoms with Gasteiger partial charge in [-0.1, -0.05) is 6.42 Å². The van der Waals surface area contributed by atoms with Gasteiger partial charge in [-0.25, -0.2) is 13.2 Å². The zero-order chi connectivity index (χ0) is 18.4. The molecule has 1 aliphatic heterocycles. The minimum Gasteiger partial charge on any atom is -0.465 e. The third kappa shape index (κ3) is 5.19. The number of ether oxygens (including phenoxy) is 1. The van der Waals surface area contributed by atoms with Crippen LogP contribution in [0.15, 0.2) is 21.8 Å². The molecule has 9 nitrogen and oxygen atoms in total. The molecule has 1 aliphatic rings. The van der Waals surface area contributed by atoms with E-state index in [1.54, 1.807) is 0 Å². The van der Waals surface area contributed by atoms with Gasteiger partial charge in [-0.3, -0.25) is 4.79 Å². The molecule has 0 radical (unpaired) electrons. The third-order valence-electron chi connectivity index (χ3n) is 4.04. The van der Waals surface area contributed by atoms with E-state index in [0.717, 1.165) is 25.2 Å². The highest BCUT2D eigenvalue weighted by molar-refractivity contribution is 7.89. The number of carbonyl (C=O) groups excluding carboxylic acids is 2. The molecule has 11 heteroatoms. The highest BCUT2D eigenvalue weighted by atomic mass is 35.5. The van der Waals surface area contributed by atoms with E-state index in [1.807, 2.05) is 0 Å². The standard InChI is InChI=1S/C15H23N3O6S.ClH/c1-23-15(20)11-8-14(24-10-11)25(21,22)18-7-3-2-4-12(18)9-17-13(19)5-6-16;/h8,10,12H,2-7,9,16H2,1H3,(H,17,19);1H. The van der Waals surface area contributed by atoms with Crippen molar-refractivity contribution in [1.82, 2.24) is 9.62 Å². The van der Waals surface area contributed by atoms with Crippen molar-refractivity contribution in [3.05, 3.63) is 17.9 Å². The molecule has 26 heavy (non-hydrogen) atoms. The first-order valence-corrected chi connectivity index (χ1v) is 9.49. The van der Waals surface area contributed by atoms with E-state index >= 15 is 0 Å². The molecule has 2 rings (SSSR count). The lowest BCUT2D eigenvalue weighted by atomic mass is 10.1. The molecule has 1 atom stereocenters. The van der Waals surface area contributed by atoms with Crippen molar-refractivity contribution in [2.75, 3.05) is 26.7 Å². The Balaban J connectivity index is 0.00000338. The molecule has 2 heterocycles. The molecule has 1 fully saturated rings. The molecular formula is C15H24ClN3O6S. The van der Waals surface area contributed by atoms with Gasteiger partial charge in [-0.15, -0.1) is 12.4 Å². The van der Waals surface area contributed by atoms with Gasteiger partial charge in [0.15, 0.2) is 0 Å². The molecule has 3 N–H and O–H groups in total. The Kier molecular flexibility index (Phi) is 8.54. The number of esters is 1. The third-order valence-corrected chi connectivity index (χ3v) is 5.86. The highest BCUT2D eigenvalue weighted by Gasteiger charge is 2.36. The van der Waals surface area contributed by atoms with Crippen molar-refractivity contribution in [3.8, 4) is 0 Å². The fraction of sp³-hybridized carbons (Fsp3) is 0.600. The molecule has 1 aromatic rings. The number of nitrogens with two attached hydrogens (primary N) is 1. The summed E-state index contributed by atoms with van der Waals surface area (Å²) in [6.07, 6.45) is 3.47. The molecule has 0 saturated carbocycles. The largest absolute Gasteiger partial charge is 0.465 e. The highest BCUT2D eigenvalue weighted by Crippen LogP contribution is 2.26. The summed E-state index contributed by atoms with van der Waals surface area (Å²) >= 11 is 0. The quantitative estimate of drug-likeness (QED) is 0.626. The van der Waals surface area contributed by atoms with Crippen LogP contribution in [-0.2, 0) is 19.6 Å². The monoisotopic (exact) mass is 409 g/mol. The average molecular weight is 410 g/mol. The normalized spacial score (nSPS) is 18.0. The van der Waals surface area contributed by atoms with Crippen LogP contribution in [0.25, 0.3) is 0 Å². The predicted octanol–water partition coefficient (Wildman–Crippen LogP) is 0.496. The number of sulfonamides is 1. The summed E-state index contributed by atoms with van der Waals surface area (Å²) < 4.78 is 36.6. The molecule has 1 aromatic heterocycles. The summed E-state index contributed by atoms with van der Waals surface area (Å²) in [6, 6.07) is 0.784.